The zero-order valence-electron chi connectivity index (χ0n) is 10.6. The first-order valence-electron chi connectivity index (χ1n) is 5.99. The van der Waals surface area contributed by atoms with Crippen LogP contribution < -0.4 is 10.1 Å². The third kappa shape index (κ3) is 5.71. The number of benzene rings is 1. The van der Waals surface area contributed by atoms with Gasteiger partial charge in [0.2, 0.25) is 0 Å². The quantitative estimate of drug-likeness (QED) is 0.676. The van der Waals surface area contributed by atoms with Gasteiger partial charge in [0.05, 0.1) is 7.11 Å². The van der Waals surface area contributed by atoms with Crippen LogP contribution in [0.2, 0.25) is 0 Å². The van der Waals surface area contributed by atoms with Crippen molar-refractivity contribution in [2.24, 2.45) is 0 Å². The van der Waals surface area contributed by atoms with E-state index in [1.54, 1.807) is 23.9 Å². The predicted molar refractivity (Wildman–Crippen MR) is 73.7 cm³/mol. The molecule has 0 heterocycles. The number of aliphatic hydroxyl groups excluding tert-OH is 1. The molecule has 1 aromatic carbocycles. The second kappa shape index (κ2) is 9.19. The molecule has 0 atom stereocenters. The van der Waals surface area contributed by atoms with Crippen LogP contribution in [-0.4, -0.2) is 36.9 Å². The Bertz CT molecular complexity index is 350. The molecule has 102 valence electrons. The molecule has 5 heteroatoms. The van der Waals surface area contributed by atoms with E-state index < -0.39 is 0 Å². The Morgan fingerprint density at radius 2 is 2.22 bits per heavy atom. The highest BCUT2D eigenvalue weighted by Crippen LogP contribution is 2.15. The molecule has 0 aliphatic rings. The Hall–Kier alpha value is -0.780. The lowest BCUT2D eigenvalue weighted by molar-refractivity contribution is 0.296. The number of thioether (sulfide) groups is 1. The van der Waals surface area contributed by atoms with Crippen LogP contribution in [0.1, 0.15) is 12.0 Å². The van der Waals surface area contributed by atoms with Gasteiger partial charge in [-0.2, -0.15) is 11.8 Å². The molecule has 0 saturated heterocycles. The fourth-order valence-electron chi connectivity index (χ4n) is 1.43. The smallest absolute Gasteiger partial charge is 0.131 e. The van der Waals surface area contributed by atoms with Crippen molar-refractivity contribution in [1.82, 2.24) is 5.32 Å². The molecule has 0 aliphatic carbocycles. The first kappa shape index (κ1) is 15.3. The maximum atomic E-state index is 13.6. The zero-order chi connectivity index (χ0) is 13.2. The van der Waals surface area contributed by atoms with E-state index in [0.29, 0.717) is 17.9 Å². The molecule has 0 bridgehead atoms. The van der Waals surface area contributed by atoms with Gasteiger partial charge in [0.15, 0.2) is 0 Å². The van der Waals surface area contributed by atoms with Crippen molar-refractivity contribution in [1.29, 1.82) is 0 Å². The molecule has 0 aliphatic heterocycles. The molecule has 0 spiro atoms. The van der Waals surface area contributed by atoms with Gasteiger partial charge in [0.25, 0.3) is 0 Å². The second-order valence-corrected chi connectivity index (χ2v) is 5.05. The molecule has 0 radical (unpaired) electrons. The Kier molecular flexibility index (Phi) is 7.80. The van der Waals surface area contributed by atoms with Gasteiger partial charge in [0, 0.05) is 37.1 Å². The summed E-state index contributed by atoms with van der Waals surface area (Å²) >= 11 is 1.79. The van der Waals surface area contributed by atoms with Gasteiger partial charge in [-0.1, -0.05) is 6.07 Å². The van der Waals surface area contributed by atoms with Crippen molar-refractivity contribution >= 4 is 11.8 Å². The van der Waals surface area contributed by atoms with Crippen LogP contribution in [0, 0.1) is 5.82 Å². The van der Waals surface area contributed by atoms with Gasteiger partial charge in [-0.25, -0.2) is 4.39 Å². The minimum atomic E-state index is -0.241. The van der Waals surface area contributed by atoms with Gasteiger partial charge >= 0.3 is 0 Å². The lowest BCUT2D eigenvalue weighted by atomic mass is 10.2. The number of hydrogen-bond donors (Lipinski definition) is 2. The standard InChI is InChI=1S/C13H20FNO2S/c1-17-12-4-3-11(13(14)9-12)10-15-5-8-18-7-2-6-16/h3-4,9,15-16H,2,5-8,10H2,1H3. The Labute approximate surface area is 112 Å². The van der Waals surface area contributed by atoms with Crippen molar-refractivity contribution in [3.05, 3.63) is 29.6 Å². The number of hydrogen-bond acceptors (Lipinski definition) is 4. The summed E-state index contributed by atoms with van der Waals surface area (Å²) < 4.78 is 18.5. The van der Waals surface area contributed by atoms with Crippen LogP contribution in [0.5, 0.6) is 5.75 Å². The number of halogens is 1. The van der Waals surface area contributed by atoms with E-state index in [1.165, 1.54) is 13.2 Å². The third-order valence-electron chi connectivity index (χ3n) is 2.45. The normalized spacial score (nSPS) is 10.6. The van der Waals surface area contributed by atoms with Gasteiger partial charge in [-0.15, -0.1) is 0 Å². The maximum absolute atomic E-state index is 13.6. The highest BCUT2D eigenvalue weighted by molar-refractivity contribution is 7.99. The van der Waals surface area contributed by atoms with E-state index in [2.05, 4.69) is 5.32 Å². The summed E-state index contributed by atoms with van der Waals surface area (Å²) in [7, 11) is 1.52. The van der Waals surface area contributed by atoms with Crippen molar-refractivity contribution in [2.45, 2.75) is 13.0 Å². The average Bonchev–Trinajstić information content (AvgIpc) is 2.39. The molecule has 1 rings (SSSR count). The van der Waals surface area contributed by atoms with E-state index in [9.17, 15) is 4.39 Å². The summed E-state index contributed by atoms with van der Waals surface area (Å²) in [5, 5.41) is 11.8. The topological polar surface area (TPSA) is 41.5 Å². The Morgan fingerprint density at radius 1 is 1.39 bits per heavy atom. The predicted octanol–water partition coefficient (Wildman–Crippen LogP) is 2.04. The van der Waals surface area contributed by atoms with Crippen molar-refractivity contribution in [2.75, 3.05) is 31.8 Å². The van der Waals surface area contributed by atoms with Crippen molar-refractivity contribution in [3.63, 3.8) is 0 Å². The Morgan fingerprint density at radius 3 is 2.89 bits per heavy atom. The summed E-state index contributed by atoms with van der Waals surface area (Å²) in [6.07, 6.45) is 0.831. The van der Waals surface area contributed by atoms with Crippen LogP contribution >= 0.6 is 11.8 Å². The molecule has 0 amide bonds. The molecule has 0 fully saturated rings. The van der Waals surface area contributed by atoms with Crippen LogP contribution in [-0.2, 0) is 6.54 Å². The molecule has 0 aromatic heterocycles. The van der Waals surface area contributed by atoms with Gasteiger partial charge in [-0.3, -0.25) is 0 Å². The SMILES string of the molecule is COc1ccc(CNCCSCCCO)c(F)c1. The summed E-state index contributed by atoms with van der Waals surface area (Å²) in [5.74, 6) is 2.23. The summed E-state index contributed by atoms with van der Waals surface area (Å²) in [5.41, 5.74) is 0.649. The summed E-state index contributed by atoms with van der Waals surface area (Å²) in [4.78, 5) is 0. The van der Waals surface area contributed by atoms with Crippen LogP contribution in [0.15, 0.2) is 18.2 Å². The lowest BCUT2D eigenvalue weighted by Crippen LogP contribution is -2.17. The highest BCUT2D eigenvalue weighted by Gasteiger charge is 2.03. The van der Waals surface area contributed by atoms with Gasteiger partial charge < -0.3 is 15.2 Å². The fraction of sp³-hybridized carbons (Fsp3) is 0.538. The maximum Gasteiger partial charge on any atom is 0.131 e. The first-order chi connectivity index (χ1) is 8.77. The fourth-order valence-corrected chi connectivity index (χ4v) is 2.26. The average molecular weight is 273 g/mol. The molecule has 1 aromatic rings. The van der Waals surface area contributed by atoms with Gasteiger partial charge in [0.1, 0.15) is 11.6 Å². The second-order valence-electron chi connectivity index (χ2n) is 3.82. The Balaban J connectivity index is 2.19. The molecule has 3 nitrogen and oxygen atoms in total. The summed E-state index contributed by atoms with van der Waals surface area (Å²) in [6, 6.07) is 4.89. The number of rotatable bonds is 9. The zero-order valence-corrected chi connectivity index (χ0v) is 11.4. The van der Waals surface area contributed by atoms with Gasteiger partial charge in [-0.05, 0) is 18.2 Å². The van der Waals surface area contributed by atoms with Crippen molar-refractivity contribution in [3.8, 4) is 5.75 Å². The van der Waals surface area contributed by atoms with E-state index in [-0.39, 0.29) is 12.4 Å². The first-order valence-corrected chi connectivity index (χ1v) is 7.15. The molecule has 0 unspecified atom stereocenters. The van der Waals surface area contributed by atoms with E-state index >= 15 is 0 Å². The lowest BCUT2D eigenvalue weighted by Gasteiger charge is -2.07. The van der Waals surface area contributed by atoms with E-state index in [1.807, 2.05) is 0 Å². The monoisotopic (exact) mass is 273 g/mol. The molecular weight excluding hydrogens is 253 g/mol. The van der Waals surface area contributed by atoms with Crippen molar-refractivity contribution < 1.29 is 14.2 Å². The van der Waals surface area contributed by atoms with Crippen LogP contribution in [0.3, 0.4) is 0 Å². The molecule has 0 saturated carbocycles. The molecule has 18 heavy (non-hydrogen) atoms. The van der Waals surface area contributed by atoms with Crippen LogP contribution in [0.25, 0.3) is 0 Å². The number of methoxy groups -OCH3 is 1. The minimum absolute atomic E-state index is 0.241. The third-order valence-corrected chi connectivity index (χ3v) is 3.52. The van der Waals surface area contributed by atoms with E-state index in [0.717, 1.165) is 24.5 Å². The van der Waals surface area contributed by atoms with E-state index in [4.69, 9.17) is 9.84 Å². The number of aliphatic hydroxyl groups is 1. The minimum Gasteiger partial charge on any atom is -0.497 e. The molecular formula is C13H20FNO2S. The highest BCUT2D eigenvalue weighted by atomic mass is 32.2. The largest absolute Gasteiger partial charge is 0.497 e. The number of ether oxygens (including phenoxy) is 1. The number of nitrogens with one attached hydrogen (secondary N) is 1. The van der Waals surface area contributed by atoms with Crippen LogP contribution in [0.4, 0.5) is 4.39 Å². The molecule has 2 N–H and O–H groups in total. The summed E-state index contributed by atoms with van der Waals surface area (Å²) in [6.45, 7) is 1.61.